The first-order valence-corrected chi connectivity index (χ1v) is 8.78. The highest BCUT2D eigenvalue weighted by molar-refractivity contribution is 9.10. The average Bonchev–Trinajstić information content (AvgIpc) is 3.40. The van der Waals surface area contributed by atoms with Crippen LogP contribution in [0.3, 0.4) is 0 Å². The maximum absolute atomic E-state index is 12.9. The van der Waals surface area contributed by atoms with Crippen LogP contribution in [-0.2, 0) is 6.42 Å². The van der Waals surface area contributed by atoms with Crippen molar-refractivity contribution in [3.63, 3.8) is 0 Å². The molecule has 1 fully saturated rings. The van der Waals surface area contributed by atoms with Gasteiger partial charge in [-0.15, -0.1) is 0 Å². The minimum absolute atomic E-state index is 0.0577. The number of hydrogen-bond acceptors (Lipinski definition) is 2. The minimum atomic E-state index is -0.0577. The van der Waals surface area contributed by atoms with Crippen LogP contribution in [0.2, 0.25) is 0 Å². The molecule has 1 saturated carbocycles. The van der Waals surface area contributed by atoms with Crippen molar-refractivity contribution in [1.29, 1.82) is 0 Å². The van der Waals surface area contributed by atoms with E-state index in [4.69, 9.17) is 0 Å². The Bertz CT molecular complexity index is 957. The van der Waals surface area contributed by atoms with E-state index in [9.17, 15) is 4.79 Å². The summed E-state index contributed by atoms with van der Waals surface area (Å²) in [5, 5.41) is 6.09. The average molecular weight is 369 g/mol. The number of aromatic nitrogens is 2. The third-order valence-corrected chi connectivity index (χ3v) is 5.28. The molecule has 4 heteroatoms. The van der Waals surface area contributed by atoms with Crippen molar-refractivity contribution >= 4 is 26.7 Å². The van der Waals surface area contributed by atoms with Gasteiger partial charge in [-0.3, -0.25) is 4.79 Å². The van der Waals surface area contributed by atoms with Gasteiger partial charge in [0.25, 0.3) is 5.56 Å². The van der Waals surface area contributed by atoms with E-state index in [1.807, 2.05) is 30.5 Å². The Balaban J connectivity index is 1.92. The zero-order chi connectivity index (χ0) is 16.0. The second-order valence-corrected chi connectivity index (χ2v) is 6.93. The van der Waals surface area contributed by atoms with E-state index >= 15 is 0 Å². The van der Waals surface area contributed by atoms with E-state index in [0.29, 0.717) is 5.92 Å². The predicted molar refractivity (Wildman–Crippen MR) is 96.4 cm³/mol. The highest BCUT2D eigenvalue weighted by atomic mass is 79.9. The van der Waals surface area contributed by atoms with Gasteiger partial charge in [-0.1, -0.05) is 35.0 Å². The van der Waals surface area contributed by atoms with Crippen LogP contribution in [0.25, 0.3) is 16.5 Å². The van der Waals surface area contributed by atoms with Crippen molar-refractivity contribution in [2.45, 2.75) is 32.1 Å². The molecule has 1 aromatic heterocycles. The number of rotatable bonds is 3. The standard InChI is InChI=1S/C19H17BrN2O/c1-2-15-17(20)4-3-5-18(15)22-19(23)16-9-8-13(12-6-7-12)10-14(16)11-21-22/h3-5,8-12H,2,6-7H2,1H3. The smallest absolute Gasteiger partial charge is 0.267 e. The van der Waals surface area contributed by atoms with E-state index in [0.717, 1.165) is 32.9 Å². The minimum Gasteiger partial charge on any atom is -0.267 e. The highest BCUT2D eigenvalue weighted by Crippen LogP contribution is 2.40. The quantitative estimate of drug-likeness (QED) is 0.677. The van der Waals surface area contributed by atoms with E-state index < -0.39 is 0 Å². The van der Waals surface area contributed by atoms with Crippen molar-refractivity contribution in [1.82, 2.24) is 9.78 Å². The Morgan fingerprint density at radius 1 is 1.26 bits per heavy atom. The van der Waals surface area contributed by atoms with Crippen molar-refractivity contribution in [3.05, 3.63) is 68.5 Å². The molecule has 0 spiro atoms. The lowest BCUT2D eigenvalue weighted by Crippen LogP contribution is -2.22. The summed E-state index contributed by atoms with van der Waals surface area (Å²) in [5.41, 5.74) is 3.21. The first-order valence-electron chi connectivity index (χ1n) is 7.99. The van der Waals surface area contributed by atoms with Crippen LogP contribution in [0.15, 0.2) is 51.9 Å². The molecule has 0 atom stereocenters. The fourth-order valence-electron chi connectivity index (χ4n) is 3.11. The molecule has 0 radical (unpaired) electrons. The molecular formula is C19H17BrN2O. The van der Waals surface area contributed by atoms with Crippen LogP contribution in [0, 0.1) is 0 Å². The molecule has 0 aliphatic heterocycles. The van der Waals surface area contributed by atoms with Gasteiger partial charge in [0.05, 0.1) is 17.3 Å². The third-order valence-electron chi connectivity index (χ3n) is 4.54. The summed E-state index contributed by atoms with van der Waals surface area (Å²) in [6.07, 6.45) is 5.16. The zero-order valence-corrected chi connectivity index (χ0v) is 14.5. The van der Waals surface area contributed by atoms with Crippen LogP contribution in [-0.4, -0.2) is 9.78 Å². The topological polar surface area (TPSA) is 34.9 Å². The summed E-state index contributed by atoms with van der Waals surface area (Å²) in [5.74, 6) is 0.679. The van der Waals surface area contributed by atoms with Gasteiger partial charge in [0.15, 0.2) is 0 Å². The van der Waals surface area contributed by atoms with Gasteiger partial charge < -0.3 is 0 Å². The molecule has 116 valence electrons. The molecular weight excluding hydrogens is 352 g/mol. The van der Waals surface area contributed by atoms with Crippen LogP contribution in [0.1, 0.15) is 36.8 Å². The Morgan fingerprint density at radius 2 is 2.09 bits per heavy atom. The van der Waals surface area contributed by atoms with E-state index in [1.54, 1.807) is 0 Å². The number of nitrogens with zero attached hydrogens (tertiary/aromatic N) is 2. The number of fused-ring (bicyclic) bond motifs is 1. The van der Waals surface area contributed by atoms with Gasteiger partial charge in [0.1, 0.15) is 0 Å². The molecule has 3 aromatic rings. The zero-order valence-electron chi connectivity index (χ0n) is 12.9. The SMILES string of the molecule is CCc1c(Br)cccc1-n1ncc2cc(C3CC3)ccc2c1=O. The monoisotopic (exact) mass is 368 g/mol. The Hall–Kier alpha value is -1.94. The first kappa shape index (κ1) is 14.6. The van der Waals surface area contributed by atoms with Gasteiger partial charge in [-0.25, -0.2) is 0 Å². The third kappa shape index (κ3) is 2.51. The van der Waals surface area contributed by atoms with Crippen molar-refractivity contribution in [2.75, 3.05) is 0 Å². The molecule has 3 nitrogen and oxygen atoms in total. The fraction of sp³-hybridized carbons (Fsp3) is 0.263. The predicted octanol–water partition coefficient (Wildman–Crippen LogP) is 4.59. The van der Waals surface area contributed by atoms with Gasteiger partial charge in [-0.05, 0) is 60.6 Å². The van der Waals surface area contributed by atoms with Gasteiger partial charge in [0, 0.05) is 9.86 Å². The van der Waals surface area contributed by atoms with Crippen LogP contribution < -0.4 is 5.56 Å². The molecule has 1 aliphatic rings. The van der Waals surface area contributed by atoms with Crippen LogP contribution in [0.4, 0.5) is 0 Å². The van der Waals surface area contributed by atoms with E-state index in [1.165, 1.54) is 23.1 Å². The lowest BCUT2D eigenvalue weighted by atomic mass is 10.1. The van der Waals surface area contributed by atoms with E-state index in [-0.39, 0.29) is 5.56 Å². The molecule has 2 aromatic carbocycles. The molecule has 1 heterocycles. The number of halogens is 1. The van der Waals surface area contributed by atoms with Gasteiger partial charge >= 0.3 is 0 Å². The molecule has 0 N–H and O–H groups in total. The Morgan fingerprint density at radius 3 is 2.83 bits per heavy atom. The number of hydrogen-bond donors (Lipinski definition) is 0. The summed E-state index contributed by atoms with van der Waals surface area (Å²) in [4.78, 5) is 12.9. The summed E-state index contributed by atoms with van der Waals surface area (Å²) < 4.78 is 2.53. The number of benzene rings is 2. The summed E-state index contributed by atoms with van der Waals surface area (Å²) in [6, 6.07) is 12.0. The second-order valence-electron chi connectivity index (χ2n) is 6.07. The summed E-state index contributed by atoms with van der Waals surface area (Å²) in [6.45, 7) is 2.08. The molecule has 4 rings (SSSR count). The molecule has 0 bridgehead atoms. The summed E-state index contributed by atoms with van der Waals surface area (Å²) >= 11 is 3.57. The lowest BCUT2D eigenvalue weighted by Gasteiger charge is -2.12. The molecule has 0 saturated heterocycles. The Kier molecular flexibility index (Phi) is 3.57. The molecule has 1 aliphatic carbocycles. The highest BCUT2D eigenvalue weighted by Gasteiger charge is 2.23. The molecule has 0 amide bonds. The largest absolute Gasteiger partial charge is 0.279 e. The van der Waals surface area contributed by atoms with Crippen molar-refractivity contribution in [3.8, 4) is 5.69 Å². The maximum atomic E-state index is 12.9. The molecule has 0 unspecified atom stereocenters. The summed E-state index contributed by atoms with van der Waals surface area (Å²) in [7, 11) is 0. The fourth-order valence-corrected chi connectivity index (χ4v) is 3.74. The maximum Gasteiger partial charge on any atom is 0.279 e. The van der Waals surface area contributed by atoms with Gasteiger partial charge in [-0.2, -0.15) is 9.78 Å². The van der Waals surface area contributed by atoms with Crippen molar-refractivity contribution in [2.24, 2.45) is 0 Å². The van der Waals surface area contributed by atoms with Crippen LogP contribution in [0.5, 0.6) is 0 Å². The van der Waals surface area contributed by atoms with Crippen molar-refractivity contribution < 1.29 is 0 Å². The Labute approximate surface area is 143 Å². The van der Waals surface area contributed by atoms with Gasteiger partial charge in [0.2, 0.25) is 0 Å². The van der Waals surface area contributed by atoms with Crippen LogP contribution >= 0.6 is 15.9 Å². The second kappa shape index (κ2) is 5.60. The lowest BCUT2D eigenvalue weighted by molar-refractivity contribution is 0.807. The molecule has 23 heavy (non-hydrogen) atoms. The first-order chi connectivity index (χ1) is 11.2. The van der Waals surface area contributed by atoms with E-state index in [2.05, 4.69) is 40.1 Å². The normalized spacial score (nSPS) is 14.3.